The third-order valence-electron chi connectivity index (χ3n) is 3.74. The van der Waals surface area contributed by atoms with Gasteiger partial charge in [0.1, 0.15) is 0 Å². The van der Waals surface area contributed by atoms with Crippen molar-refractivity contribution in [2.75, 3.05) is 0 Å². The molecule has 0 bridgehead atoms. The first-order valence-electron chi connectivity index (χ1n) is 10.3. The molecule has 0 saturated heterocycles. The van der Waals surface area contributed by atoms with Crippen LogP contribution in [0.15, 0.2) is 41.2 Å². The van der Waals surface area contributed by atoms with E-state index in [0.717, 1.165) is 28.9 Å². The van der Waals surface area contributed by atoms with Gasteiger partial charge in [0, 0.05) is 13.6 Å². The minimum atomic E-state index is -4.46. The predicted octanol–water partition coefficient (Wildman–Crippen LogP) is 6.63. The smallest absolute Gasteiger partial charge is 0.276 e. The second kappa shape index (κ2) is 11.9. The van der Waals surface area contributed by atoms with Gasteiger partial charge in [0.15, 0.2) is 0 Å². The van der Waals surface area contributed by atoms with E-state index in [1.165, 1.54) is 26.0 Å². The SMILES string of the molecule is C[Si](C)(C)C.Cc1cc(-n2nn[nH]c2=O)cc(C(F)(F)F)c1.Cc1cc(C(=O)Cl)cc(C(F)(F)F)c1. The molecule has 0 fully saturated rings. The first-order valence-corrected chi connectivity index (χ1v) is 14.6. The highest BCUT2D eigenvalue weighted by molar-refractivity contribution is 6.74. The lowest BCUT2D eigenvalue weighted by atomic mass is 10.1. The zero-order valence-corrected chi connectivity index (χ0v) is 22.0. The lowest BCUT2D eigenvalue weighted by molar-refractivity contribution is -0.138. The van der Waals surface area contributed by atoms with Crippen LogP contribution in [0.4, 0.5) is 26.3 Å². The highest BCUT2D eigenvalue weighted by Gasteiger charge is 2.32. The van der Waals surface area contributed by atoms with Gasteiger partial charge in [-0.1, -0.05) is 26.2 Å². The highest BCUT2D eigenvalue weighted by Crippen LogP contribution is 2.31. The minimum Gasteiger partial charge on any atom is -0.276 e. The van der Waals surface area contributed by atoms with Crippen molar-refractivity contribution < 1.29 is 31.1 Å². The number of tetrazole rings is 1. The molecule has 0 unspecified atom stereocenters. The normalized spacial score (nSPS) is 11.7. The molecule has 3 rings (SSSR count). The molecule has 36 heavy (non-hydrogen) atoms. The van der Waals surface area contributed by atoms with E-state index in [1.807, 2.05) is 5.10 Å². The van der Waals surface area contributed by atoms with Crippen molar-refractivity contribution in [3.8, 4) is 5.69 Å². The number of aromatic amines is 1. The van der Waals surface area contributed by atoms with Crippen LogP contribution in [0.2, 0.25) is 26.2 Å². The fourth-order valence-electron chi connectivity index (χ4n) is 2.48. The molecule has 6 nitrogen and oxygen atoms in total. The first-order chi connectivity index (χ1) is 16.2. The number of nitrogens with one attached hydrogen (secondary N) is 1. The zero-order chi connectivity index (χ0) is 28.1. The summed E-state index contributed by atoms with van der Waals surface area (Å²) in [5.41, 5.74) is -1.77. The summed E-state index contributed by atoms with van der Waals surface area (Å²) in [5.74, 6) is 0. The Morgan fingerprint density at radius 1 is 0.861 bits per heavy atom. The average molecular weight is 555 g/mol. The van der Waals surface area contributed by atoms with E-state index in [2.05, 4.69) is 36.6 Å². The Morgan fingerprint density at radius 3 is 1.69 bits per heavy atom. The van der Waals surface area contributed by atoms with E-state index >= 15 is 0 Å². The Morgan fingerprint density at radius 2 is 1.31 bits per heavy atom. The molecule has 1 heterocycles. The molecule has 3 aromatic rings. The number of benzene rings is 2. The number of aromatic nitrogens is 4. The van der Waals surface area contributed by atoms with E-state index in [-0.39, 0.29) is 11.3 Å². The summed E-state index contributed by atoms with van der Waals surface area (Å²) in [6.45, 7) is 12.3. The van der Waals surface area contributed by atoms with Crippen molar-refractivity contribution in [3.05, 3.63) is 74.7 Å². The number of hydrogen-bond donors (Lipinski definition) is 1. The molecule has 0 aliphatic carbocycles. The molecule has 1 aromatic heterocycles. The highest BCUT2D eigenvalue weighted by atomic mass is 35.5. The lowest BCUT2D eigenvalue weighted by Crippen LogP contribution is -2.17. The number of H-pyrrole nitrogens is 1. The van der Waals surface area contributed by atoms with Gasteiger partial charge >= 0.3 is 18.0 Å². The molecule has 0 radical (unpaired) electrons. The van der Waals surface area contributed by atoms with Gasteiger partial charge in [-0.2, -0.15) is 31.0 Å². The van der Waals surface area contributed by atoms with Crippen molar-refractivity contribution in [2.45, 2.75) is 52.4 Å². The maximum atomic E-state index is 12.6. The summed E-state index contributed by atoms with van der Waals surface area (Å²) in [5, 5.41) is 7.72. The molecule has 0 spiro atoms. The minimum absolute atomic E-state index is 0.0241. The quantitative estimate of drug-likeness (QED) is 0.219. The number of rotatable bonds is 2. The van der Waals surface area contributed by atoms with E-state index in [0.29, 0.717) is 11.1 Å². The third kappa shape index (κ3) is 10.8. The van der Waals surface area contributed by atoms with Crippen LogP contribution in [0.3, 0.4) is 0 Å². The summed E-state index contributed by atoms with van der Waals surface area (Å²) in [6.07, 6.45) is -8.92. The maximum absolute atomic E-state index is 12.6. The van der Waals surface area contributed by atoms with Crippen LogP contribution in [0.25, 0.3) is 5.69 Å². The summed E-state index contributed by atoms with van der Waals surface area (Å²) >= 11 is 5.09. The molecular formula is C22H25ClF6N4O2Si. The molecular weight excluding hydrogens is 530 g/mol. The van der Waals surface area contributed by atoms with Gasteiger partial charge in [0.2, 0.25) is 0 Å². The van der Waals surface area contributed by atoms with Gasteiger partial charge in [-0.15, -0.1) is 0 Å². The van der Waals surface area contributed by atoms with Gasteiger partial charge in [0.05, 0.1) is 16.8 Å². The summed E-state index contributed by atoms with van der Waals surface area (Å²) < 4.78 is 75.2. The molecule has 14 heteroatoms. The Bertz CT molecular complexity index is 1240. The van der Waals surface area contributed by atoms with Crippen LogP contribution in [-0.2, 0) is 12.4 Å². The van der Waals surface area contributed by atoms with E-state index < -0.39 is 42.5 Å². The number of carbonyl (C=O) groups excluding carboxylic acids is 1. The van der Waals surface area contributed by atoms with Crippen LogP contribution in [0, 0.1) is 13.8 Å². The maximum Gasteiger partial charge on any atom is 0.416 e. The molecule has 2 aromatic carbocycles. The molecule has 1 N–H and O–H groups in total. The zero-order valence-electron chi connectivity index (χ0n) is 20.3. The monoisotopic (exact) mass is 554 g/mol. The van der Waals surface area contributed by atoms with Crippen LogP contribution in [0.1, 0.15) is 32.6 Å². The second-order valence-corrected chi connectivity index (χ2v) is 15.7. The van der Waals surface area contributed by atoms with Gasteiger partial charge in [-0.25, -0.2) is 9.89 Å². The lowest BCUT2D eigenvalue weighted by Gasteiger charge is -2.09. The number of halogens is 7. The van der Waals surface area contributed by atoms with E-state index in [4.69, 9.17) is 11.6 Å². The van der Waals surface area contributed by atoms with Crippen LogP contribution < -0.4 is 5.69 Å². The van der Waals surface area contributed by atoms with Crippen molar-refractivity contribution in [1.29, 1.82) is 0 Å². The molecule has 0 aliphatic heterocycles. The third-order valence-corrected chi connectivity index (χ3v) is 3.96. The Labute approximate surface area is 209 Å². The molecule has 0 amide bonds. The fourth-order valence-corrected chi connectivity index (χ4v) is 2.58. The molecule has 0 aliphatic rings. The first kappa shape index (κ1) is 31.1. The van der Waals surface area contributed by atoms with Crippen molar-refractivity contribution in [1.82, 2.24) is 20.2 Å². The average Bonchev–Trinajstić information content (AvgIpc) is 3.11. The van der Waals surface area contributed by atoms with Crippen LogP contribution in [0.5, 0.6) is 0 Å². The van der Waals surface area contributed by atoms with Gasteiger partial charge in [-0.05, 0) is 83.4 Å². The van der Waals surface area contributed by atoms with Gasteiger partial charge < -0.3 is 0 Å². The number of aryl methyl sites for hydroxylation is 2. The van der Waals surface area contributed by atoms with Crippen molar-refractivity contribution in [3.63, 3.8) is 0 Å². The Hall–Kier alpha value is -2.93. The summed E-state index contributed by atoms with van der Waals surface area (Å²) in [6, 6.07) is 6.26. The predicted molar refractivity (Wildman–Crippen MR) is 127 cm³/mol. The standard InChI is InChI=1S/C9H6ClF3O.C9H7F3N4O.C4H12Si/c1-5-2-6(8(10)14)4-7(3-5)9(11,12)13;1-5-2-6(9(10,11)12)4-7(3-5)16-8(17)13-14-15-16;1-5(2,3)4/h2-4H,1H3;2-4H,1H3,(H,13,15,17);1-4H3. The summed E-state index contributed by atoms with van der Waals surface area (Å²) in [4.78, 5) is 21.9. The van der Waals surface area contributed by atoms with Gasteiger partial charge in [0.25, 0.3) is 5.24 Å². The van der Waals surface area contributed by atoms with E-state index in [1.54, 1.807) is 0 Å². The number of alkyl halides is 6. The van der Waals surface area contributed by atoms with Crippen molar-refractivity contribution >= 4 is 24.9 Å². The van der Waals surface area contributed by atoms with Crippen molar-refractivity contribution in [2.24, 2.45) is 0 Å². The number of carbonyl (C=O) groups is 1. The second-order valence-electron chi connectivity index (χ2n) is 9.33. The fraction of sp³-hybridized carbons (Fsp3) is 0.364. The molecule has 0 atom stereocenters. The van der Waals surface area contributed by atoms with Gasteiger partial charge in [-0.3, -0.25) is 4.79 Å². The Kier molecular flexibility index (Phi) is 10.3. The topological polar surface area (TPSA) is 80.6 Å². The molecule has 198 valence electrons. The number of hydrogen-bond acceptors (Lipinski definition) is 4. The summed E-state index contributed by atoms with van der Waals surface area (Å²) in [7, 11) is -0.611. The largest absolute Gasteiger partial charge is 0.416 e. The van der Waals surface area contributed by atoms with E-state index in [9.17, 15) is 35.9 Å². The molecule has 0 saturated carbocycles. The van der Waals surface area contributed by atoms with Crippen LogP contribution in [-0.4, -0.2) is 33.5 Å². The van der Waals surface area contributed by atoms with Crippen LogP contribution >= 0.6 is 11.6 Å². The number of nitrogens with zero attached hydrogens (tertiary/aromatic N) is 3. The Balaban J connectivity index is 0.000000308.